The van der Waals surface area contributed by atoms with Crippen LogP contribution in [0.4, 0.5) is 13.2 Å². The summed E-state index contributed by atoms with van der Waals surface area (Å²) in [5, 5.41) is -0.267. The number of aryl methyl sites for hydroxylation is 1. The van der Waals surface area contributed by atoms with Crippen LogP contribution in [0.3, 0.4) is 0 Å². The minimum Gasteiger partial charge on any atom is -0.328 e. The first-order valence-corrected chi connectivity index (χ1v) is 5.29. The molecule has 1 aromatic rings. The molecule has 1 nitrogen and oxygen atoms in total. The molecule has 16 heavy (non-hydrogen) atoms. The third-order valence-corrected chi connectivity index (χ3v) is 2.55. The molecule has 5 heteroatoms. The van der Waals surface area contributed by atoms with Crippen molar-refractivity contribution in [2.75, 3.05) is 0 Å². The van der Waals surface area contributed by atoms with E-state index in [1.165, 1.54) is 6.07 Å². The average molecular weight is 252 g/mol. The predicted molar refractivity (Wildman–Crippen MR) is 58.4 cm³/mol. The molecule has 2 N–H and O–H groups in total. The molecule has 0 aromatic heterocycles. The van der Waals surface area contributed by atoms with Gasteiger partial charge < -0.3 is 5.73 Å². The lowest BCUT2D eigenvalue weighted by molar-refractivity contribution is -0.137. The Morgan fingerprint density at radius 2 is 2.00 bits per heavy atom. The number of hydrogen-bond donors (Lipinski definition) is 1. The van der Waals surface area contributed by atoms with Crippen LogP contribution in [0.15, 0.2) is 18.2 Å². The van der Waals surface area contributed by atoms with Crippen molar-refractivity contribution in [3.05, 3.63) is 34.3 Å². The van der Waals surface area contributed by atoms with Crippen molar-refractivity contribution in [3.8, 4) is 0 Å². The Bertz CT molecular complexity index is 361. The van der Waals surface area contributed by atoms with E-state index in [2.05, 4.69) is 0 Å². The second-order valence-corrected chi connectivity index (χ2v) is 4.24. The minimum absolute atomic E-state index is 0.0231. The fourth-order valence-electron chi connectivity index (χ4n) is 1.34. The molecule has 1 aromatic carbocycles. The third kappa shape index (κ3) is 3.68. The quantitative estimate of drug-likeness (QED) is 0.872. The smallest absolute Gasteiger partial charge is 0.328 e. The summed E-state index contributed by atoms with van der Waals surface area (Å²) in [6.45, 7) is 1.82. The zero-order valence-electron chi connectivity index (χ0n) is 8.81. The van der Waals surface area contributed by atoms with Gasteiger partial charge in [-0.3, -0.25) is 0 Å². The maximum atomic E-state index is 12.5. The Labute approximate surface area is 97.4 Å². The van der Waals surface area contributed by atoms with Gasteiger partial charge in [0.05, 0.1) is 10.6 Å². The van der Waals surface area contributed by atoms with E-state index in [9.17, 15) is 13.2 Å². The summed E-state index contributed by atoms with van der Waals surface area (Å²) < 4.78 is 37.6. The molecule has 0 saturated heterocycles. The topological polar surface area (TPSA) is 26.0 Å². The minimum atomic E-state index is -4.40. The van der Waals surface area contributed by atoms with Gasteiger partial charge in [0.2, 0.25) is 0 Å². The Morgan fingerprint density at radius 1 is 1.38 bits per heavy atom. The normalized spacial score (nSPS) is 13.9. The van der Waals surface area contributed by atoms with Crippen LogP contribution in [0.1, 0.15) is 24.5 Å². The molecule has 0 bridgehead atoms. The maximum Gasteiger partial charge on any atom is 0.417 e. The first kappa shape index (κ1) is 13.3. The van der Waals surface area contributed by atoms with Crippen LogP contribution in [-0.4, -0.2) is 6.04 Å². The molecule has 0 fully saturated rings. The van der Waals surface area contributed by atoms with Crippen LogP contribution < -0.4 is 5.73 Å². The van der Waals surface area contributed by atoms with Crippen LogP contribution in [0.5, 0.6) is 0 Å². The fraction of sp³-hybridized carbons (Fsp3) is 0.455. The van der Waals surface area contributed by atoms with Crippen molar-refractivity contribution in [1.82, 2.24) is 0 Å². The number of hydrogen-bond acceptors (Lipinski definition) is 1. The van der Waals surface area contributed by atoms with Crippen LogP contribution in [0, 0.1) is 0 Å². The van der Waals surface area contributed by atoms with Gasteiger partial charge in [-0.2, -0.15) is 13.2 Å². The second kappa shape index (κ2) is 5.06. The molecule has 0 saturated carbocycles. The van der Waals surface area contributed by atoms with Crippen molar-refractivity contribution in [2.24, 2.45) is 5.73 Å². The summed E-state index contributed by atoms with van der Waals surface area (Å²) in [6.07, 6.45) is -3.22. The maximum absolute atomic E-state index is 12.5. The SMILES string of the molecule is CC(N)CCc1ccc(Cl)c(C(F)(F)F)c1. The molecular weight excluding hydrogens is 239 g/mol. The molecule has 0 heterocycles. The van der Waals surface area contributed by atoms with E-state index in [0.29, 0.717) is 18.4 Å². The molecular formula is C11H13ClF3N. The van der Waals surface area contributed by atoms with Crippen molar-refractivity contribution in [1.29, 1.82) is 0 Å². The Kier molecular flexibility index (Phi) is 4.21. The second-order valence-electron chi connectivity index (χ2n) is 3.83. The fourth-order valence-corrected chi connectivity index (χ4v) is 1.56. The lowest BCUT2D eigenvalue weighted by Gasteiger charge is -2.11. The largest absolute Gasteiger partial charge is 0.417 e. The van der Waals surface area contributed by atoms with Crippen molar-refractivity contribution in [2.45, 2.75) is 32.0 Å². The first-order valence-electron chi connectivity index (χ1n) is 4.92. The highest BCUT2D eigenvalue weighted by molar-refractivity contribution is 6.31. The number of halogens is 4. The van der Waals surface area contributed by atoms with Crippen LogP contribution in [0.2, 0.25) is 5.02 Å². The van der Waals surface area contributed by atoms with E-state index in [0.717, 1.165) is 6.07 Å². The number of rotatable bonds is 3. The molecule has 0 aliphatic carbocycles. The van der Waals surface area contributed by atoms with Gasteiger partial charge in [-0.05, 0) is 37.5 Å². The molecule has 0 aliphatic heterocycles. The van der Waals surface area contributed by atoms with E-state index < -0.39 is 11.7 Å². The van der Waals surface area contributed by atoms with Gasteiger partial charge in [-0.15, -0.1) is 0 Å². The summed E-state index contributed by atoms with van der Waals surface area (Å²) in [6, 6.07) is 3.94. The van der Waals surface area contributed by atoms with Crippen molar-refractivity contribution >= 4 is 11.6 Å². The zero-order chi connectivity index (χ0) is 12.3. The molecule has 0 amide bonds. The Hall–Kier alpha value is -0.740. The number of nitrogens with two attached hydrogens (primary N) is 1. The summed E-state index contributed by atoms with van der Waals surface area (Å²) in [5.41, 5.74) is 5.37. The van der Waals surface area contributed by atoms with Gasteiger partial charge in [0.25, 0.3) is 0 Å². The van der Waals surface area contributed by atoms with Crippen LogP contribution in [-0.2, 0) is 12.6 Å². The van der Waals surface area contributed by atoms with Crippen LogP contribution in [0.25, 0.3) is 0 Å². The Morgan fingerprint density at radius 3 is 2.50 bits per heavy atom. The van der Waals surface area contributed by atoms with Gasteiger partial charge in [0.15, 0.2) is 0 Å². The Balaban J connectivity index is 2.90. The van der Waals surface area contributed by atoms with Gasteiger partial charge in [0.1, 0.15) is 0 Å². The van der Waals surface area contributed by atoms with Crippen molar-refractivity contribution in [3.63, 3.8) is 0 Å². The van der Waals surface area contributed by atoms with Crippen LogP contribution >= 0.6 is 11.6 Å². The predicted octanol–water partition coefficient (Wildman–Crippen LogP) is 3.64. The highest BCUT2D eigenvalue weighted by Crippen LogP contribution is 2.35. The van der Waals surface area contributed by atoms with E-state index in [1.54, 1.807) is 6.07 Å². The van der Waals surface area contributed by atoms with E-state index in [4.69, 9.17) is 17.3 Å². The molecule has 0 radical (unpaired) electrons. The van der Waals surface area contributed by atoms with Gasteiger partial charge in [-0.1, -0.05) is 17.7 Å². The summed E-state index contributed by atoms with van der Waals surface area (Å²) in [4.78, 5) is 0. The standard InChI is InChI=1S/C11H13ClF3N/c1-7(16)2-3-8-4-5-10(12)9(6-8)11(13,14)15/h4-7H,2-3,16H2,1H3. The van der Waals surface area contributed by atoms with Gasteiger partial charge in [0, 0.05) is 6.04 Å². The highest BCUT2D eigenvalue weighted by Gasteiger charge is 2.33. The third-order valence-electron chi connectivity index (χ3n) is 2.22. The average Bonchev–Trinajstić information content (AvgIpc) is 2.14. The van der Waals surface area contributed by atoms with E-state index in [-0.39, 0.29) is 11.1 Å². The number of alkyl halides is 3. The monoisotopic (exact) mass is 251 g/mol. The molecule has 0 aliphatic rings. The first-order chi connectivity index (χ1) is 7.30. The molecule has 1 unspecified atom stereocenters. The van der Waals surface area contributed by atoms with Gasteiger partial charge >= 0.3 is 6.18 Å². The molecule has 1 rings (SSSR count). The van der Waals surface area contributed by atoms with E-state index in [1.807, 2.05) is 6.92 Å². The lowest BCUT2D eigenvalue weighted by Crippen LogP contribution is -2.15. The number of benzene rings is 1. The zero-order valence-corrected chi connectivity index (χ0v) is 9.57. The van der Waals surface area contributed by atoms with Gasteiger partial charge in [-0.25, -0.2) is 0 Å². The highest BCUT2D eigenvalue weighted by atomic mass is 35.5. The molecule has 1 atom stereocenters. The van der Waals surface area contributed by atoms with E-state index >= 15 is 0 Å². The molecule has 0 spiro atoms. The summed E-state index contributed by atoms with van der Waals surface area (Å²) in [5.74, 6) is 0. The summed E-state index contributed by atoms with van der Waals surface area (Å²) in [7, 11) is 0. The summed E-state index contributed by atoms with van der Waals surface area (Å²) >= 11 is 5.50. The van der Waals surface area contributed by atoms with Crippen molar-refractivity contribution < 1.29 is 13.2 Å². The molecule has 90 valence electrons. The lowest BCUT2D eigenvalue weighted by atomic mass is 10.0.